The second-order valence-corrected chi connectivity index (χ2v) is 7.56. The summed E-state index contributed by atoms with van der Waals surface area (Å²) in [6.45, 7) is -0.344. The second-order valence-electron chi connectivity index (χ2n) is 6.57. The number of Topliss-reactive ketones (excluding diaryl/α,β-unsaturated/α-hetero) is 1. The van der Waals surface area contributed by atoms with E-state index >= 15 is 0 Å². The fraction of sp³-hybridized carbons (Fsp3) is 0.0455. The summed E-state index contributed by atoms with van der Waals surface area (Å²) in [5, 5.41) is 10.4. The number of benzene rings is 2. The van der Waals surface area contributed by atoms with Crippen molar-refractivity contribution in [2.45, 2.75) is 0 Å². The minimum absolute atomic E-state index is 0.0698. The zero-order valence-corrected chi connectivity index (χ0v) is 16.7. The highest BCUT2D eigenvalue weighted by Crippen LogP contribution is 2.33. The summed E-state index contributed by atoms with van der Waals surface area (Å²) in [4.78, 5) is 48.7. The molecular formula is C22H14N2O6S. The molecule has 2 amide bonds. The molecule has 0 aliphatic carbocycles. The maximum atomic E-state index is 12.6. The number of hydrogen-bond donors (Lipinski definition) is 0. The normalized spacial score (nSPS) is 15.0. The third-order valence-corrected chi connectivity index (χ3v) is 5.42. The molecule has 0 unspecified atom stereocenters. The molecule has 0 spiro atoms. The van der Waals surface area contributed by atoms with Crippen LogP contribution >= 0.6 is 11.8 Å². The van der Waals surface area contributed by atoms with Crippen molar-refractivity contribution >= 4 is 40.5 Å². The quantitative estimate of drug-likeness (QED) is 0.238. The molecule has 0 N–H and O–H groups in total. The lowest BCUT2D eigenvalue weighted by atomic mass is 10.1. The van der Waals surface area contributed by atoms with E-state index in [1.54, 1.807) is 54.6 Å². The first-order valence-corrected chi connectivity index (χ1v) is 9.92. The lowest BCUT2D eigenvalue weighted by molar-refractivity contribution is -0.384. The van der Waals surface area contributed by atoms with Gasteiger partial charge >= 0.3 is 0 Å². The van der Waals surface area contributed by atoms with E-state index in [1.807, 2.05) is 0 Å². The number of nitrogens with zero attached hydrogens (tertiary/aromatic N) is 2. The van der Waals surface area contributed by atoms with Gasteiger partial charge in [-0.2, -0.15) is 0 Å². The van der Waals surface area contributed by atoms with E-state index < -0.39 is 16.1 Å². The highest BCUT2D eigenvalue weighted by atomic mass is 32.2. The smallest absolute Gasteiger partial charge is 0.293 e. The molecule has 0 bridgehead atoms. The highest BCUT2D eigenvalue weighted by molar-refractivity contribution is 8.18. The first kappa shape index (κ1) is 20.3. The molecule has 9 heteroatoms. The van der Waals surface area contributed by atoms with E-state index in [0.717, 1.165) is 16.7 Å². The molecule has 2 heterocycles. The molecule has 2 aromatic carbocycles. The van der Waals surface area contributed by atoms with Gasteiger partial charge in [-0.1, -0.05) is 42.5 Å². The van der Waals surface area contributed by atoms with E-state index in [2.05, 4.69) is 0 Å². The van der Waals surface area contributed by atoms with Gasteiger partial charge in [0.15, 0.2) is 5.78 Å². The van der Waals surface area contributed by atoms with Crippen LogP contribution in [0.2, 0.25) is 0 Å². The van der Waals surface area contributed by atoms with Crippen LogP contribution in [0.4, 0.5) is 10.5 Å². The van der Waals surface area contributed by atoms with Crippen LogP contribution in [0.15, 0.2) is 76.1 Å². The molecule has 4 rings (SSSR count). The molecule has 0 atom stereocenters. The van der Waals surface area contributed by atoms with Crippen LogP contribution in [-0.4, -0.2) is 33.3 Å². The minimum Gasteiger partial charge on any atom is -0.457 e. The first-order chi connectivity index (χ1) is 14.9. The molecule has 8 nitrogen and oxygen atoms in total. The number of hydrogen-bond acceptors (Lipinski definition) is 7. The number of nitro benzene ring substituents is 1. The topological polar surface area (TPSA) is 111 Å². The fourth-order valence-electron chi connectivity index (χ4n) is 2.98. The number of thioether (sulfide) groups is 1. The summed E-state index contributed by atoms with van der Waals surface area (Å²) in [7, 11) is 0. The minimum atomic E-state index is -0.576. The molecule has 154 valence electrons. The Morgan fingerprint density at radius 1 is 1.06 bits per heavy atom. The Labute approximate surface area is 180 Å². The van der Waals surface area contributed by atoms with Crippen LogP contribution in [0.3, 0.4) is 0 Å². The van der Waals surface area contributed by atoms with Crippen molar-refractivity contribution in [3.05, 3.63) is 93.1 Å². The second kappa shape index (κ2) is 8.41. The number of rotatable bonds is 6. The van der Waals surface area contributed by atoms with Crippen LogP contribution < -0.4 is 0 Å². The monoisotopic (exact) mass is 434 g/mol. The lowest BCUT2D eigenvalue weighted by Crippen LogP contribution is -2.33. The Hall–Kier alpha value is -3.98. The van der Waals surface area contributed by atoms with Crippen LogP contribution in [0, 0.1) is 10.1 Å². The van der Waals surface area contributed by atoms with Gasteiger partial charge < -0.3 is 4.42 Å². The van der Waals surface area contributed by atoms with Crippen molar-refractivity contribution < 1.29 is 23.7 Å². The van der Waals surface area contributed by atoms with Gasteiger partial charge in [-0.15, -0.1) is 0 Å². The number of furan rings is 1. The zero-order chi connectivity index (χ0) is 22.0. The fourth-order valence-corrected chi connectivity index (χ4v) is 3.80. The standard InChI is InChI=1S/C22H14N2O6S/c25-18(14-5-2-1-3-6-14)13-23-21(26)20(31-22(23)27)12-17-9-10-19(30-17)15-7-4-8-16(11-15)24(28)29/h1-12H,13H2/b20-12+. The van der Waals surface area contributed by atoms with Crippen molar-refractivity contribution in [2.24, 2.45) is 0 Å². The SMILES string of the molecule is O=C(CN1C(=O)S/C(=C/c2ccc(-c3cccc([N+](=O)[O-])c3)o2)C1=O)c1ccccc1. The van der Waals surface area contributed by atoms with Gasteiger partial charge in [-0.25, -0.2) is 0 Å². The Morgan fingerprint density at radius 3 is 2.58 bits per heavy atom. The van der Waals surface area contributed by atoms with E-state index in [9.17, 15) is 24.5 Å². The van der Waals surface area contributed by atoms with Crippen molar-refractivity contribution in [1.29, 1.82) is 0 Å². The molecule has 1 aromatic heterocycles. The molecule has 3 aromatic rings. The molecule has 0 saturated carbocycles. The summed E-state index contributed by atoms with van der Waals surface area (Å²) in [5.41, 5.74) is 0.855. The lowest BCUT2D eigenvalue weighted by Gasteiger charge is -2.11. The largest absolute Gasteiger partial charge is 0.457 e. The van der Waals surface area contributed by atoms with Gasteiger partial charge in [-0.05, 0) is 23.9 Å². The number of carbonyl (C=O) groups is 3. The molecule has 31 heavy (non-hydrogen) atoms. The van der Waals surface area contributed by atoms with Crippen LogP contribution in [-0.2, 0) is 4.79 Å². The van der Waals surface area contributed by atoms with Crippen LogP contribution in [0.1, 0.15) is 16.1 Å². The Balaban J connectivity index is 1.52. The van der Waals surface area contributed by atoms with E-state index in [-0.39, 0.29) is 22.9 Å². The van der Waals surface area contributed by atoms with Crippen molar-refractivity contribution in [3.8, 4) is 11.3 Å². The zero-order valence-electron chi connectivity index (χ0n) is 15.9. The van der Waals surface area contributed by atoms with Gasteiger partial charge in [0.05, 0.1) is 16.4 Å². The maximum absolute atomic E-state index is 12.6. The van der Waals surface area contributed by atoms with Gasteiger partial charge in [0.25, 0.3) is 16.8 Å². The summed E-state index contributed by atoms with van der Waals surface area (Å²) in [6.07, 6.45) is 1.42. The summed E-state index contributed by atoms with van der Waals surface area (Å²) >= 11 is 0.722. The van der Waals surface area contributed by atoms with Gasteiger partial charge in [-0.3, -0.25) is 29.4 Å². The Bertz CT molecular complexity index is 1230. The predicted molar refractivity (Wildman–Crippen MR) is 114 cm³/mol. The third-order valence-electron chi connectivity index (χ3n) is 4.51. The van der Waals surface area contributed by atoms with Crippen LogP contribution in [0.25, 0.3) is 17.4 Å². The van der Waals surface area contributed by atoms with E-state index in [0.29, 0.717) is 22.6 Å². The molecule has 1 fully saturated rings. The number of carbonyl (C=O) groups excluding carboxylic acids is 3. The number of ketones is 1. The average molecular weight is 434 g/mol. The van der Waals surface area contributed by atoms with Gasteiger partial charge in [0, 0.05) is 29.3 Å². The molecule has 1 aliphatic heterocycles. The molecule has 1 saturated heterocycles. The van der Waals surface area contributed by atoms with E-state index in [4.69, 9.17) is 4.42 Å². The number of imide groups is 1. The van der Waals surface area contributed by atoms with Crippen molar-refractivity contribution in [1.82, 2.24) is 4.90 Å². The summed E-state index contributed by atoms with van der Waals surface area (Å²) < 4.78 is 5.67. The molecular weight excluding hydrogens is 420 g/mol. The highest BCUT2D eigenvalue weighted by Gasteiger charge is 2.36. The van der Waals surface area contributed by atoms with Crippen molar-refractivity contribution in [2.75, 3.05) is 6.54 Å². The number of amides is 2. The molecule has 1 aliphatic rings. The number of nitro groups is 1. The Morgan fingerprint density at radius 2 is 1.84 bits per heavy atom. The first-order valence-electron chi connectivity index (χ1n) is 9.10. The van der Waals surface area contributed by atoms with Gasteiger partial charge in [0.2, 0.25) is 0 Å². The predicted octanol–water partition coefficient (Wildman–Crippen LogP) is 4.77. The summed E-state index contributed by atoms with van der Waals surface area (Å²) in [5.74, 6) is -0.225. The molecule has 0 radical (unpaired) electrons. The van der Waals surface area contributed by atoms with Gasteiger partial charge in [0.1, 0.15) is 11.5 Å². The maximum Gasteiger partial charge on any atom is 0.293 e. The van der Waals surface area contributed by atoms with Crippen molar-refractivity contribution in [3.63, 3.8) is 0 Å². The summed E-state index contributed by atoms with van der Waals surface area (Å²) in [6, 6.07) is 17.6. The average Bonchev–Trinajstić information content (AvgIpc) is 3.35. The number of non-ortho nitro benzene ring substituents is 1. The third kappa shape index (κ3) is 4.31. The van der Waals surface area contributed by atoms with Crippen LogP contribution in [0.5, 0.6) is 0 Å². The van der Waals surface area contributed by atoms with E-state index in [1.165, 1.54) is 18.2 Å². The Kier molecular flexibility index (Phi) is 5.50.